The third-order valence-corrected chi connectivity index (χ3v) is 1.63. The summed E-state index contributed by atoms with van der Waals surface area (Å²) in [6.45, 7) is 0. The second kappa shape index (κ2) is 1.85. The standard InChI is InChI=1S/C4H4NO3S/c6-9(7,8)4-2-1-3-5-4/h1-3,5H. The lowest BCUT2D eigenvalue weighted by Gasteiger charge is -1.83. The van der Waals surface area contributed by atoms with Crippen LogP contribution in [0.5, 0.6) is 0 Å². The van der Waals surface area contributed by atoms with Gasteiger partial charge < -0.3 is 4.98 Å². The van der Waals surface area contributed by atoms with Crippen molar-refractivity contribution in [3.8, 4) is 0 Å². The Hall–Kier alpha value is -0.810. The number of aromatic amines is 1. The molecule has 1 rings (SSSR count). The minimum absolute atomic E-state index is 0.289. The highest BCUT2D eigenvalue weighted by Gasteiger charge is 2.10. The monoisotopic (exact) mass is 146 g/mol. The van der Waals surface area contributed by atoms with Crippen molar-refractivity contribution in [1.82, 2.24) is 4.98 Å². The third-order valence-electron chi connectivity index (χ3n) is 0.839. The first kappa shape index (κ1) is 6.31. The fourth-order valence-electron chi connectivity index (χ4n) is 0.469. The van der Waals surface area contributed by atoms with E-state index < -0.39 is 10.1 Å². The van der Waals surface area contributed by atoms with Gasteiger partial charge in [0.1, 0.15) is 0 Å². The van der Waals surface area contributed by atoms with E-state index in [1.54, 1.807) is 0 Å². The fraction of sp³-hybridized carbons (Fsp3) is 0. The van der Waals surface area contributed by atoms with Crippen molar-refractivity contribution in [2.45, 2.75) is 5.03 Å². The lowest BCUT2D eigenvalue weighted by molar-refractivity contribution is 0.412. The molecular formula is C4H4NO3S. The van der Waals surface area contributed by atoms with Gasteiger partial charge in [0, 0.05) is 6.20 Å². The third kappa shape index (κ3) is 1.30. The molecular weight excluding hydrogens is 142 g/mol. The molecule has 1 aromatic heterocycles. The Labute approximate surface area is 52.3 Å². The van der Waals surface area contributed by atoms with Crippen molar-refractivity contribution in [1.29, 1.82) is 0 Å². The normalized spacial score (nSPS) is 11.7. The van der Waals surface area contributed by atoms with Crippen LogP contribution in [0.15, 0.2) is 23.4 Å². The molecule has 1 N–H and O–H groups in total. The van der Waals surface area contributed by atoms with Gasteiger partial charge in [0.25, 0.3) is 0 Å². The summed E-state index contributed by atoms with van der Waals surface area (Å²) in [5.41, 5.74) is 0. The minimum Gasteiger partial charge on any atom is -0.350 e. The Kier molecular flexibility index (Phi) is 1.30. The van der Waals surface area contributed by atoms with E-state index in [2.05, 4.69) is 4.98 Å². The van der Waals surface area contributed by atoms with Gasteiger partial charge in [-0.2, -0.15) is 8.42 Å². The van der Waals surface area contributed by atoms with Gasteiger partial charge >= 0.3 is 10.1 Å². The molecule has 0 aliphatic carbocycles. The molecule has 4 nitrogen and oxygen atoms in total. The minimum atomic E-state index is -4.27. The number of hydrogen-bond acceptors (Lipinski definition) is 2. The summed E-state index contributed by atoms with van der Waals surface area (Å²) in [7, 11) is -4.27. The molecule has 0 aliphatic heterocycles. The molecule has 0 fully saturated rings. The Morgan fingerprint density at radius 2 is 2.11 bits per heavy atom. The second-order valence-corrected chi connectivity index (χ2v) is 2.84. The quantitative estimate of drug-likeness (QED) is 0.611. The Morgan fingerprint density at radius 3 is 2.33 bits per heavy atom. The smallest absolute Gasteiger partial charge is 0.339 e. The highest BCUT2D eigenvalue weighted by molar-refractivity contribution is 7.85. The topological polar surface area (TPSA) is 69.8 Å². The highest BCUT2D eigenvalue weighted by atomic mass is 32.2. The molecule has 0 aliphatic rings. The second-order valence-electron chi connectivity index (χ2n) is 1.49. The van der Waals surface area contributed by atoms with E-state index in [1.165, 1.54) is 18.3 Å². The summed E-state index contributed by atoms with van der Waals surface area (Å²) in [5.74, 6) is 0. The average molecular weight is 146 g/mol. The van der Waals surface area contributed by atoms with E-state index >= 15 is 0 Å². The number of H-pyrrole nitrogens is 1. The van der Waals surface area contributed by atoms with E-state index in [1.807, 2.05) is 0 Å². The van der Waals surface area contributed by atoms with Crippen molar-refractivity contribution in [3.63, 3.8) is 0 Å². The van der Waals surface area contributed by atoms with Crippen molar-refractivity contribution in [3.05, 3.63) is 18.3 Å². The number of nitrogens with one attached hydrogen (secondary N) is 1. The van der Waals surface area contributed by atoms with E-state index in [9.17, 15) is 13.0 Å². The molecule has 0 bridgehead atoms. The van der Waals surface area contributed by atoms with Crippen LogP contribution in [-0.2, 0) is 14.7 Å². The van der Waals surface area contributed by atoms with Gasteiger partial charge in [-0.05, 0) is 12.1 Å². The van der Waals surface area contributed by atoms with Gasteiger partial charge in [0.2, 0.25) is 0 Å². The van der Waals surface area contributed by atoms with Gasteiger partial charge in [-0.3, -0.25) is 0 Å². The number of aromatic nitrogens is 1. The average Bonchev–Trinajstić information content (AvgIpc) is 2.08. The molecule has 0 saturated heterocycles. The van der Waals surface area contributed by atoms with Crippen LogP contribution < -0.4 is 0 Å². The van der Waals surface area contributed by atoms with Crippen molar-refractivity contribution in [2.75, 3.05) is 0 Å². The van der Waals surface area contributed by atoms with Crippen LogP contribution in [0.4, 0.5) is 0 Å². The first-order valence-corrected chi connectivity index (χ1v) is 3.61. The summed E-state index contributed by atoms with van der Waals surface area (Å²) < 4.78 is 30.3. The zero-order valence-corrected chi connectivity index (χ0v) is 5.18. The Balaban J connectivity index is 3.20. The van der Waals surface area contributed by atoms with Crippen molar-refractivity contribution in [2.24, 2.45) is 0 Å². The maximum atomic E-state index is 10.1. The van der Waals surface area contributed by atoms with Gasteiger partial charge in [-0.25, -0.2) is 0 Å². The predicted molar refractivity (Wildman–Crippen MR) is 28.7 cm³/mol. The molecule has 0 amide bonds. The zero-order chi connectivity index (χ0) is 6.91. The van der Waals surface area contributed by atoms with Gasteiger partial charge in [-0.15, -0.1) is 0 Å². The van der Waals surface area contributed by atoms with E-state index in [4.69, 9.17) is 0 Å². The number of hydrogen-bond donors (Lipinski definition) is 1. The summed E-state index contributed by atoms with van der Waals surface area (Å²) in [5, 5.41) is -0.289. The largest absolute Gasteiger partial charge is 0.350 e. The molecule has 9 heavy (non-hydrogen) atoms. The van der Waals surface area contributed by atoms with Crippen LogP contribution in [0.3, 0.4) is 0 Å². The van der Waals surface area contributed by atoms with E-state index in [0.29, 0.717) is 0 Å². The summed E-state index contributed by atoms with van der Waals surface area (Å²) in [6.07, 6.45) is 1.38. The first-order valence-electron chi connectivity index (χ1n) is 2.20. The lowest BCUT2D eigenvalue weighted by Crippen LogP contribution is -1.94. The van der Waals surface area contributed by atoms with Crippen LogP contribution in [-0.4, -0.2) is 13.4 Å². The molecule has 1 heterocycles. The fourth-order valence-corrected chi connectivity index (χ4v) is 0.927. The molecule has 0 spiro atoms. The van der Waals surface area contributed by atoms with Crippen LogP contribution in [0.25, 0.3) is 0 Å². The Bertz CT molecular complexity index is 273. The van der Waals surface area contributed by atoms with Crippen LogP contribution in [0, 0.1) is 0 Å². The highest BCUT2D eigenvalue weighted by Crippen LogP contribution is 2.02. The molecule has 0 atom stereocenters. The molecule has 0 aromatic carbocycles. The van der Waals surface area contributed by atoms with E-state index in [-0.39, 0.29) is 5.03 Å². The summed E-state index contributed by atoms with van der Waals surface area (Å²) in [4.78, 5) is 2.28. The van der Waals surface area contributed by atoms with Crippen LogP contribution in [0.2, 0.25) is 0 Å². The molecule has 49 valence electrons. The zero-order valence-electron chi connectivity index (χ0n) is 4.37. The first-order chi connectivity index (χ1) is 4.11. The molecule has 0 unspecified atom stereocenters. The van der Waals surface area contributed by atoms with Crippen LogP contribution >= 0.6 is 0 Å². The number of rotatable bonds is 1. The maximum Gasteiger partial charge on any atom is 0.339 e. The van der Waals surface area contributed by atoms with Gasteiger partial charge in [0.15, 0.2) is 5.03 Å². The summed E-state index contributed by atoms with van der Waals surface area (Å²) >= 11 is 0. The SMILES string of the molecule is [O]S(=O)(=O)c1ccc[nH]1. The van der Waals surface area contributed by atoms with Crippen molar-refractivity contribution < 1.29 is 13.0 Å². The molecule has 1 aromatic rings. The maximum absolute atomic E-state index is 10.1. The molecule has 1 radical (unpaired) electrons. The van der Waals surface area contributed by atoms with Crippen molar-refractivity contribution >= 4 is 10.1 Å². The van der Waals surface area contributed by atoms with E-state index in [0.717, 1.165) is 0 Å². The van der Waals surface area contributed by atoms with Gasteiger partial charge in [0.05, 0.1) is 0 Å². The predicted octanol–water partition coefficient (Wildman–Crippen LogP) is 0.134. The van der Waals surface area contributed by atoms with Crippen LogP contribution in [0.1, 0.15) is 0 Å². The molecule has 5 heteroatoms. The Morgan fingerprint density at radius 1 is 1.44 bits per heavy atom. The molecule has 0 saturated carbocycles. The lowest BCUT2D eigenvalue weighted by atomic mass is 10.7. The van der Waals surface area contributed by atoms with Gasteiger partial charge in [-0.1, -0.05) is 4.55 Å². The summed E-state index contributed by atoms with van der Waals surface area (Å²) in [6, 6.07) is 2.66.